The van der Waals surface area contributed by atoms with Crippen molar-refractivity contribution in [2.75, 3.05) is 7.05 Å². The van der Waals surface area contributed by atoms with Gasteiger partial charge < -0.3 is 5.11 Å². The van der Waals surface area contributed by atoms with Gasteiger partial charge in [-0.05, 0) is 23.6 Å². The van der Waals surface area contributed by atoms with E-state index in [1.54, 1.807) is 18.2 Å². The van der Waals surface area contributed by atoms with E-state index in [4.69, 9.17) is 0 Å². The summed E-state index contributed by atoms with van der Waals surface area (Å²) < 4.78 is 0. The molecule has 1 heterocycles. The summed E-state index contributed by atoms with van der Waals surface area (Å²) in [7, 11) is 1.49. The number of aliphatic hydroxyl groups is 1. The van der Waals surface area contributed by atoms with Crippen molar-refractivity contribution >= 4 is 11.8 Å². The molecule has 1 unspecified atom stereocenters. The second kappa shape index (κ2) is 4.90. The molecule has 1 aliphatic heterocycles. The van der Waals surface area contributed by atoms with Gasteiger partial charge in [0.25, 0.3) is 5.91 Å². The van der Waals surface area contributed by atoms with Crippen LogP contribution in [0.2, 0.25) is 0 Å². The molecule has 0 aromatic heterocycles. The topological polar surface area (TPSA) is 57.6 Å². The maximum atomic E-state index is 12.0. The highest BCUT2D eigenvalue weighted by Crippen LogP contribution is 2.25. The van der Waals surface area contributed by atoms with Gasteiger partial charge in [-0.3, -0.25) is 14.5 Å². The third-order valence-corrected chi connectivity index (χ3v) is 3.33. The number of fused-ring (bicyclic) bond motifs is 1. The summed E-state index contributed by atoms with van der Waals surface area (Å²) in [5.74, 6) is -0.471. The summed E-state index contributed by atoms with van der Waals surface area (Å²) in [5.41, 5.74) is 2.02. The summed E-state index contributed by atoms with van der Waals surface area (Å²) in [5, 5.41) is 9.93. The quantitative estimate of drug-likeness (QED) is 0.827. The molecule has 1 aromatic carbocycles. The van der Waals surface area contributed by atoms with Crippen LogP contribution < -0.4 is 0 Å². The molecule has 0 saturated heterocycles. The van der Waals surface area contributed by atoms with Crippen LogP contribution in [0.4, 0.5) is 0 Å². The van der Waals surface area contributed by atoms with Crippen LogP contribution in [0.1, 0.15) is 47.4 Å². The molecular formula is C14H17NO3. The smallest absolute Gasteiger partial charge is 0.260 e. The molecule has 1 N–H and O–H groups in total. The molecule has 4 heteroatoms. The molecule has 2 rings (SSSR count). The first-order chi connectivity index (χ1) is 8.54. The summed E-state index contributed by atoms with van der Waals surface area (Å²) in [6.07, 6.45) is 1.25. The first kappa shape index (κ1) is 12.8. The van der Waals surface area contributed by atoms with Crippen LogP contribution in [-0.4, -0.2) is 28.9 Å². The molecule has 0 fully saturated rings. The molecule has 0 bridgehead atoms. The molecule has 0 spiro atoms. The Labute approximate surface area is 106 Å². The number of imide groups is 1. The van der Waals surface area contributed by atoms with E-state index in [2.05, 4.69) is 0 Å². The van der Waals surface area contributed by atoms with Crippen molar-refractivity contribution in [1.82, 2.24) is 4.90 Å². The highest BCUT2D eigenvalue weighted by atomic mass is 16.3. The molecule has 0 aliphatic carbocycles. The fourth-order valence-electron chi connectivity index (χ4n) is 2.17. The summed E-state index contributed by atoms with van der Waals surface area (Å²) in [6.45, 7) is 2.00. The largest absolute Gasteiger partial charge is 0.388 e. The predicted octanol–water partition coefficient (Wildman–Crippen LogP) is 1.67. The van der Waals surface area contributed by atoms with E-state index in [0.717, 1.165) is 22.4 Å². The van der Waals surface area contributed by atoms with Crippen LogP contribution in [0, 0.1) is 0 Å². The third-order valence-electron chi connectivity index (χ3n) is 3.33. The van der Waals surface area contributed by atoms with E-state index >= 15 is 0 Å². The third kappa shape index (κ3) is 2.16. The van der Waals surface area contributed by atoms with Crippen molar-refractivity contribution in [1.29, 1.82) is 0 Å². The molecule has 4 nitrogen and oxygen atoms in total. The van der Waals surface area contributed by atoms with E-state index in [-0.39, 0.29) is 18.2 Å². The van der Waals surface area contributed by atoms with Gasteiger partial charge in [0.2, 0.25) is 5.91 Å². The van der Waals surface area contributed by atoms with Crippen LogP contribution in [0.5, 0.6) is 0 Å². The molecule has 96 valence electrons. The first-order valence-electron chi connectivity index (χ1n) is 6.16. The van der Waals surface area contributed by atoms with Crippen molar-refractivity contribution in [3.05, 3.63) is 34.9 Å². The second-order valence-electron chi connectivity index (χ2n) is 4.66. The van der Waals surface area contributed by atoms with Crippen LogP contribution in [0.25, 0.3) is 0 Å². The second-order valence-corrected chi connectivity index (χ2v) is 4.66. The van der Waals surface area contributed by atoms with Crippen molar-refractivity contribution in [2.24, 2.45) is 0 Å². The number of carbonyl (C=O) groups excluding carboxylic acids is 2. The molecule has 0 radical (unpaired) electrons. The van der Waals surface area contributed by atoms with E-state index in [0.29, 0.717) is 12.0 Å². The van der Waals surface area contributed by atoms with Gasteiger partial charge in [0.05, 0.1) is 12.5 Å². The fourth-order valence-corrected chi connectivity index (χ4v) is 2.17. The summed E-state index contributed by atoms with van der Waals surface area (Å²) >= 11 is 0. The molecule has 1 aliphatic rings. The van der Waals surface area contributed by atoms with E-state index in [9.17, 15) is 14.7 Å². The Morgan fingerprint density at radius 1 is 1.39 bits per heavy atom. The number of amides is 2. The SMILES string of the molecule is CCCC(O)c1ccc2c(c1)C(=O)N(C)C(=O)C2. The van der Waals surface area contributed by atoms with Gasteiger partial charge >= 0.3 is 0 Å². The van der Waals surface area contributed by atoms with Crippen molar-refractivity contribution in [3.8, 4) is 0 Å². The minimum absolute atomic E-state index is 0.186. The number of hydrogen-bond donors (Lipinski definition) is 1. The Morgan fingerprint density at radius 3 is 2.78 bits per heavy atom. The number of rotatable bonds is 3. The van der Waals surface area contributed by atoms with Gasteiger partial charge in [0, 0.05) is 12.6 Å². The Hall–Kier alpha value is -1.68. The van der Waals surface area contributed by atoms with Crippen molar-refractivity contribution < 1.29 is 14.7 Å². The number of carbonyl (C=O) groups is 2. The molecule has 2 amide bonds. The van der Waals surface area contributed by atoms with Crippen LogP contribution in [0.15, 0.2) is 18.2 Å². The zero-order valence-corrected chi connectivity index (χ0v) is 10.6. The Balaban J connectivity index is 2.37. The normalized spacial score (nSPS) is 16.7. The number of nitrogens with zero attached hydrogens (tertiary/aromatic N) is 1. The number of likely N-dealkylation sites (N-methyl/N-ethyl adjacent to an activating group) is 1. The summed E-state index contributed by atoms with van der Waals surface area (Å²) in [6, 6.07) is 5.28. The van der Waals surface area contributed by atoms with E-state index in [1.165, 1.54) is 7.05 Å². The molecule has 1 aromatic rings. The Kier molecular flexibility index (Phi) is 3.48. The highest BCUT2D eigenvalue weighted by Gasteiger charge is 2.28. The van der Waals surface area contributed by atoms with Gasteiger partial charge in [-0.1, -0.05) is 25.5 Å². The van der Waals surface area contributed by atoms with Gasteiger partial charge in [0.1, 0.15) is 0 Å². The Morgan fingerprint density at radius 2 is 2.11 bits per heavy atom. The van der Waals surface area contributed by atoms with Gasteiger partial charge in [0.15, 0.2) is 0 Å². The standard InChI is InChI=1S/C14H17NO3/c1-3-4-12(16)10-6-5-9-8-13(17)15(2)14(18)11(9)7-10/h5-7,12,16H,3-4,8H2,1-2H3. The molecule has 18 heavy (non-hydrogen) atoms. The fraction of sp³-hybridized carbons (Fsp3) is 0.429. The zero-order chi connectivity index (χ0) is 13.3. The highest BCUT2D eigenvalue weighted by molar-refractivity contribution is 6.09. The number of hydrogen-bond acceptors (Lipinski definition) is 3. The number of benzene rings is 1. The predicted molar refractivity (Wildman–Crippen MR) is 67.1 cm³/mol. The monoisotopic (exact) mass is 247 g/mol. The van der Waals surface area contributed by atoms with Crippen LogP contribution >= 0.6 is 0 Å². The maximum absolute atomic E-state index is 12.0. The lowest BCUT2D eigenvalue weighted by atomic mass is 9.94. The van der Waals surface area contributed by atoms with Gasteiger partial charge in [-0.2, -0.15) is 0 Å². The van der Waals surface area contributed by atoms with Gasteiger partial charge in [-0.25, -0.2) is 0 Å². The molecular weight excluding hydrogens is 230 g/mol. The maximum Gasteiger partial charge on any atom is 0.260 e. The van der Waals surface area contributed by atoms with Gasteiger partial charge in [-0.15, -0.1) is 0 Å². The zero-order valence-electron chi connectivity index (χ0n) is 10.6. The molecule has 0 saturated carbocycles. The first-order valence-corrected chi connectivity index (χ1v) is 6.16. The minimum atomic E-state index is -0.545. The average Bonchev–Trinajstić information content (AvgIpc) is 2.36. The molecule has 1 atom stereocenters. The van der Waals surface area contributed by atoms with E-state index < -0.39 is 6.10 Å². The Bertz CT molecular complexity index is 496. The lowest BCUT2D eigenvalue weighted by Gasteiger charge is -2.24. The van der Waals surface area contributed by atoms with E-state index in [1.807, 2.05) is 6.92 Å². The summed E-state index contributed by atoms with van der Waals surface area (Å²) in [4.78, 5) is 24.7. The van der Waals surface area contributed by atoms with Crippen LogP contribution in [0.3, 0.4) is 0 Å². The lowest BCUT2D eigenvalue weighted by molar-refractivity contribution is -0.127. The van der Waals surface area contributed by atoms with Crippen molar-refractivity contribution in [3.63, 3.8) is 0 Å². The van der Waals surface area contributed by atoms with Crippen molar-refractivity contribution in [2.45, 2.75) is 32.3 Å². The minimum Gasteiger partial charge on any atom is -0.388 e. The average molecular weight is 247 g/mol. The number of aliphatic hydroxyl groups excluding tert-OH is 1. The lowest BCUT2D eigenvalue weighted by Crippen LogP contribution is -2.39. The van der Waals surface area contributed by atoms with Crippen LogP contribution in [-0.2, 0) is 11.2 Å².